The third kappa shape index (κ3) is 3.63. The summed E-state index contributed by atoms with van der Waals surface area (Å²) in [6.07, 6.45) is 1.06. The molecule has 0 amide bonds. The number of hydrogen-bond donors (Lipinski definition) is 1. The lowest BCUT2D eigenvalue weighted by molar-refractivity contribution is 0.743. The van der Waals surface area contributed by atoms with Gasteiger partial charge in [-0.15, -0.1) is 0 Å². The second-order valence-corrected chi connectivity index (χ2v) is 6.31. The Morgan fingerprint density at radius 3 is 2.25 bits per heavy atom. The number of halogens is 1. The van der Waals surface area contributed by atoms with E-state index in [2.05, 4.69) is 90.5 Å². The zero-order chi connectivity index (χ0) is 14.5. The molecular weight excluding hydrogens is 310 g/mol. The first kappa shape index (κ1) is 15.1. The summed E-state index contributed by atoms with van der Waals surface area (Å²) in [6.45, 7) is 6.69. The normalized spacial score (nSPS) is 12.4. The van der Waals surface area contributed by atoms with Crippen molar-refractivity contribution in [3.8, 4) is 0 Å². The van der Waals surface area contributed by atoms with Crippen molar-refractivity contribution in [1.29, 1.82) is 0 Å². The molecule has 1 N–H and O–H groups in total. The largest absolute Gasteiger partial charge is 0.378 e. The van der Waals surface area contributed by atoms with E-state index in [0.717, 1.165) is 10.9 Å². The van der Waals surface area contributed by atoms with Gasteiger partial charge in [-0.3, -0.25) is 0 Å². The van der Waals surface area contributed by atoms with Gasteiger partial charge in [0.2, 0.25) is 0 Å². The average Bonchev–Trinajstić information content (AvgIpc) is 2.46. The highest BCUT2D eigenvalue weighted by Crippen LogP contribution is 2.29. The van der Waals surface area contributed by atoms with Crippen LogP contribution in [0.25, 0.3) is 0 Å². The highest BCUT2D eigenvalue weighted by molar-refractivity contribution is 9.10. The van der Waals surface area contributed by atoms with Crippen LogP contribution < -0.4 is 5.32 Å². The van der Waals surface area contributed by atoms with Crippen molar-refractivity contribution >= 4 is 21.6 Å². The van der Waals surface area contributed by atoms with Gasteiger partial charge in [-0.05, 0) is 41.7 Å². The van der Waals surface area contributed by atoms with Gasteiger partial charge >= 0.3 is 0 Å². The van der Waals surface area contributed by atoms with Crippen molar-refractivity contribution in [3.05, 3.63) is 64.1 Å². The molecule has 0 fully saturated rings. The average molecular weight is 332 g/mol. The molecule has 1 unspecified atom stereocenters. The monoisotopic (exact) mass is 331 g/mol. The molecule has 106 valence electrons. The van der Waals surface area contributed by atoms with E-state index in [0.29, 0.717) is 12.0 Å². The molecule has 2 heteroatoms. The number of nitrogens with one attached hydrogen (secondary N) is 1. The van der Waals surface area contributed by atoms with Gasteiger partial charge in [0, 0.05) is 10.2 Å². The van der Waals surface area contributed by atoms with Crippen LogP contribution >= 0.6 is 15.9 Å². The fraction of sp³-hybridized carbons (Fsp3) is 0.333. The van der Waals surface area contributed by atoms with E-state index in [9.17, 15) is 0 Å². The Morgan fingerprint density at radius 2 is 1.65 bits per heavy atom. The van der Waals surface area contributed by atoms with Crippen LogP contribution in [0.15, 0.2) is 53.0 Å². The smallest absolute Gasteiger partial charge is 0.0511 e. The molecule has 0 aliphatic carbocycles. The Kier molecular flexibility index (Phi) is 5.24. The molecular formula is C18H22BrN. The highest BCUT2D eigenvalue weighted by atomic mass is 79.9. The molecule has 1 nitrogen and oxygen atoms in total. The maximum absolute atomic E-state index is 3.70. The lowest BCUT2D eigenvalue weighted by Gasteiger charge is -2.22. The molecule has 0 saturated carbocycles. The summed E-state index contributed by atoms with van der Waals surface area (Å²) in [5, 5.41) is 3.70. The van der Waals surface area contributed by atoms with Gasteiger partial charge in [-0.25, -0.2) is 0 Å². The fourth-order valence-electron chi connectivity index (χ4n) is 2.44. The van der Waals surface area contributed by atoms with Crippen molar-refractivity contribution < 1.29 is 0 Å². The van der Waals surface area contributed by atoms with E-state index in [-0.39, 0.29) is 0 Å². The minimum atomic E-state index is 0.350. The van der Waals surface area contributed by atoms with E-state index in [1.54, 1.807) is 0 Å². The molecule has 2 aromatic carbocycles. The van der Waals surface area contributed by atoms with Gasteiger partial charge < -0.3 is 5.32 Å². The summed E-state index contributed by atoms with van der Waals surface area (Å²) < 4.78 is 1.12. The molecule has 0 spiro atoms. The summed E-state index contributed by atoms with van der Waals surface area (Å²) in [4.78, 5) is 0. The summed E-state index contributed by atoms with van der Waals surface area (Å²) in [7, 11) is 0. The Morgan fingerprint density at radius 1 is 1.00 bits per heavy atom. The molecule has 2 rings (SSSR count). The molecule has 1 atom stereocenters. The van der Waals surface area contributed by atoms with Crippen molar-refractivity contribution in [2.75, 3.05) is 5.32 Å². The Bertz CT molecular complexity index is 546. The summed E-state index contributed by atoms with van der Waals surface area (Å²) in [6, 6.07) is 17.5. The molecule has 2 aromatic rings. The quantitative estimate of drug-likeness (QED) is 0.694. The molecule has 0 bridgehead atoms. The molecule has 20 heavy (non-hydrogen) atoms. The predicted molar refractivity (Wildman–Crippen MR) is 91.3 cm³/mol. The van der Waals surface area contributed by atoms with Gasteiger partial charge in [0.1, 0.15) is 0 Å². The van der Waals surface area contributed by atoms with Gasteiger partial charge in [-0.1, -0.05) is 67.0 Å². The minimum Gasteiger partial charge on any atom is -0.378 e. The molecule has 0 heterocycles. The Balaban J connectivity index is 2.24. The highest BCUT2D eigenvalue weighted by Gasteiger charge is 2.12. The second kappa shape index (κ2) is 6.94. The SMILES string of the molecule is CCC(Nc1ccccc1C(C)C)c1ccc(Br)cc1. The van der Waals surface area contributed by atoms with Gasteiger partial charge in [0.05, 0.1) is 6.04 Å². The number of hydrogen-bond acceptors (Lipinski definition) is 1. The Hall–Kier alpha value is -1.28. The lowest BCUT2D eigenvalue weighted by atomic mass is 9.99. The van der Waals surface area contributed by atoms with Crippen LogP contribution in [-0.2, 0) is 0 Å². The van der Waals surface area contributed by atoms with Crippen molar-refractivity contribution in [2.45, 2.75) is 39.2 Å². The summed E-state index contributed by atoms with van der Waals surface area (Å²) >= 11 is 3.49. The van der Waals surface area contributed by atoms with Crippen LogP contribution in [0.5, 0.6) is 0 Å². The van der Waals surface area contributed by atoms with Gasteiger partial charge in [0.15, 0.2) is 0 Å². The first-order valence-electron chi connectivity index (χ1n) is 7.22. The third-order valence-corrected chi connectivity index (χ3v) is 4.12. The number of rotatable bonds is 5. The van der Waals surface area contributed by atoms with Crippen LogP contribution in [0, 0.1) is 0 Å². The van der Waals surface area contributed by atoms with E-state index in [1.807, 2.05) is 0 Å². The zero-order valence-electron chi connectivity index (χ0n) is 12.4. The van der Waals surface area contributed by atoms with Crippen LogP contribution in [0.4, 0.5) is 5.69 Å². The molecule has 0 radical (unpaired) electrons. The third-order valence-electron chi connectivity index (χ3n) is 3.59. The van der Waals surface area contributed by atoms with Crippen molar-refractivity contribution in [1.82, 2.24) is 0 Å². The van der Waals surface area contributed by atoms with Gasteiger partial charge in [-0.2, -0.15) is 0 Å². The predicted octanol–water partition coefficient (Wildman–Crippen LogP) is 6.14. The Labute approximate surface area is 130 Å². The van der Waals surface area contributed by atoms with E-state index in [1.165, 1.54) is 16.8 Å². The topological polar surface area (TPSA) is 12.0 Å². The number of anilines is 1. The maximum atomic E-state index is 3.70. The number of benzene rings is 2. The van der Waals surface area contributed by atoms with Crippen LogP contribution in [0.2, 0.25) is 0 Å². The van der Waals surface area contributed by atoms with Gasteiger partial charge in [0.25, 0.3) is 0 Å². The van der Waals surface area contributed by atoms with E-state index in [4.69, 9.17) is 0 Å². The van der Waals surface area contributed by atoms with Crippen molar-refractivity contribution in [2.24, 2.45) is 0 Å². The van der Waals surface area contributed by atoms with E-state index >= 15 is 0 Å². The van der Waals surface area contributed by atoms with Crippen LogP contribution in [0.1, 0.15) is 50.3 Å². The van der Waals surface area contributed by atoms with Crippen LogP contribution in [0.3, 0.4) is 0 Å². The maximum Gasteiger partial charge on any atom is 0.0511 e. The zero-order valence-corrected chi connectivity index (χ0v) is 13.9. The first-order chi connectivity index (χ1) is 9.61. The second-order valence-electron chi connectivity index (χ2n) is 5.40. The van der Waals surface area contributed by atoms with Crippen molar-refractivity contribution in [3.63, 3.8) is 0 Å². The molecule has 0 saturated heterocycles. The summed E-state index contributed by atoms with van der Waals surface area (Å²) in [5.41, 5.74) is 3.95. The molecule has 0 aromatic heterocycles. The molecule has 0 aliphatic rings. The molecule has 0 aliphatic heterocycles. The van der Waals surface area contributed by atoms with Crippen LogP contribution in [-0.4, -0.2) is 0 Å². The van der Waals surface area contributed by atoms with E-state index < -0.39 is 0 Å². The fourth-order valence-corrected chi connectivity index (χ4v) is 2.70. The standard InChI is InChI=1S/C18H22BrN/c1-4-17(14-9-11-15(19)12-10-14)20-18-8-6-5-7-16(18)13(2)3/h5-13,17,20H,4H2,1-3H3. The minimum absolute atomic E-state index is 0.350. The first-order valence-corrected chi connectivity index (χ1v) is 8.02. The number of para-hydroxylation sites is 1. The lowest BCUT2D eigenvalue weighted by Crippen LogP contribution is -2.11. The summed E-state index contributed by atoms with van der Waals surface area (Å²) in [5.74, 6) is 0.529.